The number of fused-ring (bicyclic) bond motifs is 1. The Kier molecular flexibility index (Phi) is 5.95. The van der Waals surface area contributed by atoms with Crippen molar-refractivity contribution >= 4 is 11.6 Å². The molecular weight excluding hydrogens is 392 g/mol. The highest BCUT2D eigenvalue weighted by Crippen LogP contribution is 2.35. The van der Waals surface area contributed by atoms with E-state index in [0.717, 1.165) is 34.0 Å². The highest BCUT2D eigenvalue weighted by atomic mass is 16.5. The van der Waals surface area contributed by atoms with E-state index in [4.69, 9.17) is 14.5 Å². The molecule has 1 aliphatic rings. The predicted octanol–water partition coefficient (Wildman–Crippen LogP) is 3.70. The van der Waals surface area contributed by atoms with Gasteiger partial charge in [0.15, 0.2) is 0 Å². The summed E-state index contributed by atoms with van der Waals surface area (Å²) in [6.07, 6.45) is 0.652. The van der Waals surface area contributed by atoms with Gasteiger partial charge in [0.2, 0.25) is 5.95 Å². The number of aromatic nitrogens is 2. The normalized spacial score (nSPS) is 13.7. The van der Waals surface area contributed by atoms with E-state index in [1.54, 1.807) is 18.8 Å². The largest absolute Gasteiger partial charge is 0.496 e. The Hall–Kier alpha value is -3.32. The summed E-state index contributed by atoms with van der Waals surface area (Å²) in [5.41, 5.74) is 3.48. The van der Waals surface area contributed by atoms with Gasteiger partial charge in [-0.3, -0.25) is 19.2 Å². The Labute approximate surface area is 182 Å². The number of ether oxygens (including phenoxy) is 2. The van der Waals surface area contributed by atoms with Crippen LogP contribution in [0.2, 0.25) is 0 Å². The molecule has 0 fully saturated rings. The number of methoxy groups -OCH3 is 2. The third kappa shape index (κ3) is 3.88. The lowest BCUT2D eigenvalue weighted by molar-refractivity contribution is 0.187. The molecule has 0 radical (unpaired) electrons. The lowest BCUT2D eigenvalue weighted by atomic mass is 10.1. The number of nitrogens with zero attached hydrogens (tertiary/aromatic N) is 4. The molecule has 0 amide bonds. The molecule has 2 heterocycles. The zero-order chi connectivity index (χ0) is 22.0. The maximum Gasteiger partial charge on any atom is 0.259 e. The van der Waals surface area contributed by atoms with Gasteiger partial charge in [-0.25, -0.2) is 4.98 Å². The standard InChI is InChI=1S/C24H28N4O3/c1-5-19-17(2)25-24-27(20-11-7-9-13-22(20)31-4)15-26(16-28(24)23(19)29)14-18-10-6-8-12-21(18)30-3/h6-13H,5,14-16H2,1-4H3. The maximum absolute atomic E-state index is 13.3. The zero-order valence-electron chi connectivity index (χ0n) is 18.5. The number of hydrogen-bond acceptors (Lipinski definition) is 6. The second kappa shape index (κ2) is 8.81. The predicted molar refractivity (Wildman–Crippen MR) is 121 cm³/mol. The summed E-state index contributed by atoms with van der Waals surface area (Å²) in [6, 6.07) is 15.8. The van der Waals surface area contributed by atoms with Crippen LogP contribution in [0.3, 0.4) is 0 Å². The molecule has 7 nitrogen and oxygen atoms in total. The highest BCUT2D eigenvalue weighted by molar-refractivity contribution is 5.66. The van der Waals surface area contributed by atoms with Crippen molar-refractivity contribution < 1.29 is 9.47 Å². The molecule has 0 saturated heterocycles. The molecule has 31 heavy (non-hydrogen) atoms. The van der Waals surface area contributed by atoms with Gasteiger partial charge in [-0.1, -0.05) is 37.3 Å². The molecule has 0 bridgehead atoms. The van der Waals surface area contributed by atoms with Gasteiger partial charge in [-0.05, 0) is 31.5 Å². The van der Waals surface area contributed by atoms with Crippen molar-refractivity contribution in [2.24, 2.45) is 0 Å². The second-order valence-electron chi connectivity index (χ2n) is 7.59. The van der Waals surface area contributed by atoms with Gasteiger partial charge in [-0.2, -0.15) is 0 Å². The van der Waals surface area contributed by atoms with Crippen molar-refractivity contribution in [2.75, 3.05) is 25.8 Å². The molecule has 0 atom stereocenters. The summed E-state index contributed by atoms with van der Waals surface area (Å²) in [4.78, 5) is 22.4. The fourth-order valence-corrected chi connectivity index (χ4v) is 4.15. The van der Waals surface area contributed by atoms with Gasteiger partial charge < -0.3 is 9.47 Å². The first-order valence-corrected chi connectivity index (χ1v) is 10.4. The summed E-state index contributed by atoms with van der Waals surface area (Å²) in [5, 5.41) is 0. The minimum Gasteiger partial charge on any atom is -0.496 e. The molecule has 7 heteroatoms. The van der Waals surface area contributed by atoms with Crippen LogP contribution in [0.25, 0.3) is 0 Å². The Bertz CT molecular complexity index is 1140. The first kappa shape index (κ1) is 20.9. The van der Waals surface area contributed by atoms with E-state index < -0.39 is 0 Å². The summed E-state index contributed by atoms with van der Waals surface area (Å²) < 4.78 is 12.9. The molecule has 2 aromatic carbocycles. The smallest absolute Gasteiger partial charge is 0.259 e. The van der Waals surface area contributed by atoms with Crippen molar-refractivity contribution in [1.82, 2.24) is 14.5 Å². The maximum atomic E-state index is 13.3. The SMILES string of the molecule is CCc1c(C)nc2n(c1=O)CN(Cc1ccccc1OC)CN2c1ccccc1OC. The fourth-order valence-electron chi connectivity index (χ4n) is 4.15. The quantitative estimate of drug-likeness (QED) is 0.606. The van der Waals surface area contributed by atoms with Gasteiger partial charge in [0.05, 0.1) is 33.2 Å². The van der Waals surface area contributed by atoms with E-state index in [1.807, 2.05) is 61.2 Å². The molecule has 0 N–H and O–H groups in total. The molecule has 1 aliphatic heterocycles. The molecular formula is C24H28N4O3. The van der Waals surface area contributed by atoms with E-state index in [0.29, 0.717) is 32.3 Å². The van der Waals surface area contributed by atoms with E-state index >= 15 is 0 Å². The third-order valence-corrected chi connectivity index (χ3v) is 5.69. The van der Waals surface area contributed by atoms with Crippen LogP contribution >= 0.6 is 0 Å². The molecule has 1 aromatic heterocycles. The van der Waals surface area contributed by atoms with E-state index in [1.165, 1.54) is 0 Å². The van der Waals surface area contributed by atoms with Gasteiger partial charge in [-0.15, -0.1) is 0 Å². The van der Waals surface area contributed by atoms with Crippen LogP contribution in [-0.4, -0.2) is 35.3 Å². The summed E-state index contributed by atoms with van der Waals surface area (Å²) >= 11 is 0. The molecule has 0 unspecified atom stereocenters. The highest BCUT2D eigenvalue weighted by Gasteiger charge is 2.29. The number of aryl methyl sites for hydroxylation is 1. The lowest BCUT2D eigenvalue weighted by Gasteiger charge is -2.39. The Morgan fingerprint density at radius 3 is 2.35 bits per heavy atom. The first-order valence-electron chi connectivity index (χ1n) is 10.4. The summed E-state index contributed by atoms with van der Waals surface area (Å²) in [5.74, 6) is 2.21. The molecule has 0 spiro atoms. The Morgan fingerprint density at radius 1 is 0.968 bits per heavy atom. The molecule has 162 valence electrons. The van der Waals surface area contributed by atoms with Crippen LogP contribution in [0.5, 0.6) is 11.5 Å². The van der Waals surface area contributed by atoms with Crippen molar-refractivity contribution in [3.63, 3.8) is 0 Å². The minimum atomic E-state index is 0.00891. The molecule has 0 aliphatic carbocycles. The average Bonchev–Trinajstić information content (AvgIpc) is 2.80. The Balaban J connectivity index is 1.82. The summed E-state index contributed by atoms with van der Waals surface area (Å²) in [7, 11) is 3.33. The van der Waals surface area contributed by atoms with Crippen LogP contribution in [0, 0.1) is 6.92 Å². The van der Waals surface area contributed by atoms with E-state index in [9.17, 15) is 4.79 Å². The average molecular weight is 421 g/mol. The molecule has 3 aromatic rings. The summed E-state index contributed by atoms with van der Waals surface area (Å²) in [6.45, 7) is 5.55. The second-order valence-corrected chi connectivity index (χ2v) is 7.59. The van der Waals surface area contributed by atoms with Gasteiger partial charge in [0, 0.05) is 23.4 Å². The minimum absolute atomic E-state index is 0.00891. The molecule has 4 rings (SSSR count). The number of benzene rings is 2. The van der Waals surface area contributed by atoms with Crippen molar-refractivity contribution in [1.29, 1.82) is 0 Å². The topological polar surface area (TPSA) is 59.8 Å². The number of para-hydroxylation sites is 3. The van der Waals surface area contributed by atoms with Crippen LogP contribution < -0.4 is 19.9 Å². The third-order valence-electron chi connectivity index (χ3n) is 5.69. The van der Waals surface area contributed by atoms with Crippen molar-refractivity contribution in [3.05, 3.63) is 75.7 Å². The lowest BCUT2D eigenvalue weighted by Crippen LogP contribution is -2.47. The number of rotatable bonds is 6. The van der Waals surface area contributed by atoms with Crippen molar-refractivity contribution in [2.45, 2.75) is 33.5 Å². The number of hydrogen-bond donors (Lipinski definition) is 0. The number of anilines is 2. The monoisotopic (exact) mass is 420 g/mol. The first-order chi connectivity index (χ1) is 15.1. The zero-order valence-corrected chi connectivity index (χ0v) is 18.5. The van der Waals surface area contributed by atoms with Crippen LogP contribution in [-0.2, 0) is 19.6 Å². The van der Waals surface area contributed by atoms with Gasteiger partial charge >= 0.3 is 0 Å². The van der Waals surface area contributed by atoms with Crippen LogP contribution in [0.15, 0.2) is 53.3 Å². The fraction of sp³-hybridized carbons (Fsp3) is 0.333. The van der Waals surface area contributed by atoms with E-state index in [-0.39, 0.29) is 5.56 Å². The Morgan fingerprint density at radius 2 is 1.65 bits per heavy atom. The van der Waals surface area contributed by atoms with Gasteiger partial charge in [0.25, 0.3) is 5.56 Å². The van der Waals surface area contributed by atoms with Crippen LogP contribution in [0.1, 0.15) is 23.7 Å². The molecule has 0 saturated carbocycles. The van der Waals surface area contributed by atoms with Gasteiger partial charge in [0.1, 0.15) is 11.5 Å². The van der Waals surface area contributed by atoms with Crippen LogP contribution in [0.4, 0.5) is 11.6 Å². The van der Waals surface area contributed by atoms with E-state index in [2.05, 4.69) is 11.0 Å². The van der Waals surface area contributed by atoms with Crippen molar-refractivity contribution in [3.8, 4) is 11.5 Å².